The summed E-state index contributed by atoms with van der Waals surface area (Å²) in [6.07, 6.45) is 0. The van der Waals surface area contributed by atoms with E-state index in [-0.39, 0.29) is 29.7 Å². The van der Waals surface area contributed by atoms with Crippen molar-refractivity contribution < 1.29 is 23.5 Å². The molecule has 27 heavy (non-hydrogen) atoms. The number of nitrogens with zero attached hydrogens (tertiary/aromatic N) is 1. The van der Waals surface area contributed by atoms with Crippen molar-refractivity contribution in [3.63, 3.8) is 0 Å². The molecule has 0 aromatic heterocycles. The van der Waals surface area contributed by atoms with Gasteiger partial charge in [-0.25, -0.2) is 4.39 Å². The Morgan fingerprint density at radius 1 is 1.07 bits per heavy atom. The van der Waals surface area contributed by atoms with Crippen molar-refractivity contribution in [1.29, 1.82) is 0 Å². The van der Waals surface area contributed by atoms with Crippen LogP contribution >= 0.6 is 0 Å². The zero-order chi connectivity index (χ0) is 20.0. The van der Waals surface area contributed by atoms with Gasteiger partial charge in [-0.2, -0.15) is 0 Å². The molecule has 0 saturated heterocycles. The minimum absolute atomic E-state index is 0.0691. The van der Waals surface area contributed by atoms with Crippen molar-refractivity contribution in [2.75, 3.05) is 31.3 Å². The summed E-state index contributed by atoms with van der Waals surface area (Å²) in [5.74, 6) is -1.39. The van der Waals surface area contributed by atoms with E-state index in [1.165, 1.54) is 36.1 Å². The highest BCUT2D eigenvalue weighted by molar-refractivity contribution is 6.05. The fourth-order valence-electron chi connectivity index (χ4n) is 2.10. The second kappa shape index (κ2) is 8.79. The number of anilines is 2. The maximum Gasteiger partial charge on any atom is 0.259 e. The van der Waals surface area contributed by atoms with E-state index in [0.29, 0.717) is 11.4 Å². The number of halogens is 1. The van der Waals surface area contributed by atoms with Gasteiger partial charge in [-0.3, -0.25) is 14.4 Å². The van der Waals surface area contributed by atoms with Gasteiger partial charge in [0.1, 0.15) is 11.6 Å². The Morgan fingerprint density at radius 2 is 1.81 bits per heavy atom. The van der Waals surface area contributed by atoms with Crippen LogP contribution < -0.4 is 15.4 Å². The topological polar surface area (TPSA) is 87.7 Å². The number of amides is 3. The van der Waals surface area contributed by atoms with Crippen molar-refractivity contribution in [3.05, 3.63) is 53.8 Å². The molecule has 0 aliphatic heterocycles. The minimum atomic E-state index is -0.638. The average Bonchev–Trinajstić information content (AvgIpc) is 2.62. The van der Waals surface area contributed by atoms with Gasteiger partial charge in [-0.15, -0.1) is 0 Å². The maximum absolute atomic E-state index is 14.0. The fraction of sp³-hybridized carbons (Fsp3) is 0.211. The molecule has 2 rings (SSSR count). The van der Waals surface area contributed by atoms with Crippen LogP contribution in [0.1, 0.15) is 17.3 Å². The van der Waals surface area contributed by atoms with E-state index in [0.717, 1.165) is 6.07 Å². The first kappa shape index (κ1) is 19.9. The number of likely N-dealkylation sites (N-methyl/N-ethyl adjacent to an activating group) is 1. The smallest absolute Gasteiger partial charge is 0.259 e. The Morgan fingerprint density at radius 3 is 2.48 bits per heavy atom. The molecule has 0 bridgehead atoms. The summed E-state index contributed by atoms with van der Waals surface area (Å²) in [7, 11) is 3.22. The largest absolute Gasteiger partial charge is 0.484 e. The lowest BCUT2D eigenvalue weighted by Crippen LogP contribution is -2.27. The number of hydrogen-bond acceptors (Lipinski definition) is 4. The summed E-state index contributed by atoms with van der Waals surface area (Å²) in [5, 5.41) is 4.97. The van der Waals surface area contributed by atoms with Crippen molar-refractivity contribution in [3.8, 4) is 5.75 Å². The molecule has 7 nitrogen and oxygen atoms in total. The van der Waals surface area contributed by atoms with Gasteiger partial charge in [0.2, 0.25) is 5.91 Å². The molecule has 0 heterocycles. The molecule has 0 unspecified atom stereocenters. The highest BCUT2D eigenvalue weighted by Gasteiger charge is 2.12. The lowest BCUT2D eigenvalue weighted by atomic mass is 10.2. The van der Waals surface area contributed by atoms with Gasteiger partial charge in [0.05, 0.1) is 5.69 Å². The van der Waals surface area contributed by atoms with Crippen molar-refractivity contribution in [1.82, 2.24) is 4.90 Å². The van der Waals surface area contributed by atoms with Gasteiger partial charge < -0.3 is 20.3 Å². The number of carbonyl (C=O) groups excluding carboxylic acids is 3. The Labute approximate surface area is 156 Å². The van der Waals surface area contributed by atoms with Crippen molar-refractivity contribution in [2.45, 2.75) is 6.92 Å². The molecule has 2 aromatic carbocycles. The van der Waals surface area contributed by atoms with Crippen molar-refractivity contribution >= 4 is 29.1 Å². The lowest BCUT2D eigenvalue weighted by Gasteiger charge is -2.12. The molecule has 142 valence electrons. The van der Waals surface area contributed by atoms with E-state index in [9.17, 15) is 18.8 Å². The molecule has 0 saturated carbocycles. The zero-order valence-corrected chi connectivity index (χ0v) is 15.2. The van der Waals surface area contributed by atoms with E-state index < -0.39 is 11.7 Å². The van der Waals surface area contributed by atoms with Crippen LogP contribution in [0.25, 0.3) is 0 Å². The standard InChI is InChI=1S/C19H20FN3O4/c1-12(24)21-14-7-8-16(20)17(10-14)22-19(26)13-5-4-6-15(9-13)27-11-18(25)23(2)3/h4-10H,11H2,1-3H3,(H,21,24)(H,22,26). The molecule has 0 aliphatic rings. The molecule has 0 spiro atoms. The van der Waals surface area contributed by atoms with Gasteiger partial charge in [0.15, 0.2) is 6.61 Å². The number of nitrogens with one attached hydrogen (secondary N) is 2. The first-order valence-corrected chi connectivity index (χ1v) is 8.08. The predicted octanol–water partition coefficient (Wildman–Crippen LogP) is 2.50. The summed E-state index contributed by atoms with van der Waals surface area (Å²) in [6, 6.07) is 10.0. The van der Waals surface area contributed by atoms with E-state index in [2.05, 4.69) is 10.6 Å². The molecule has 2 aromatic rings. The third kappa shape index (κ3) is 5.81. The highest BCUT2D eigenvalue weighted by atomic mass is 19.1. The number of benzene rings is 2. The van der Waals surface area contributed by atoms with Crippen LogP contribution in [-0.2, 0) is 9.59 Å². The molecule has 0 radical (unpaired) electrons. The summed E-state index contributed by atoms with van der Waals surface area (Å²) < 4.78 is 19.3. The number of rotatable bonds is 6. The minimum Gasteiger partial charge on any atom is -0.484 e. The van der Waals surface area contributed by atoms with Gasteiger partial charge in [-0.05, 0) is 36.4 Å². The lowest BCUT2D eigenvalue weighted by molar-refractivity contribution is -0.130. The first-order valence-electron chi connectivity index (χ1n) is 8.08. The summed E-state index contributed by atoms with van der Waals surface area (Å²) in [5.41, 5.74) is 0.521. The Bertz CT molecular complexity index is 868. The maximum atomic E-state index is 14.0. The molecular weight excluding hydrogens is 353 g/mol. The highest BCUT2D eigenvalue weighted by Crippen LogP contribution is 2.21. The van der Waals surface area contributed by atoms with Crippen LogP contribution in [-0.4, -0.2) is 43.3 Å². The third-order valence-electron chi connectivity index (χ3n) is 3.49. The molecule has 0 aliphatic carbocycles. The summed E-state index contributed by atoms with van der Waals surface area (Å²) >= 11 is 0. The summed E-state index contributed by atoms with van der Waals surface area (Å²) in [6.45, 7) is 1.17. The molecule has 0 atom stereocenters. The van der Waals surface area contributed by atoms with Gasteiger partial charge >= 0.3 is 0 Å². The molecular formula is C19H20FN3O4. The van der Waals surface area contributed by atoms with Crippen LogP contribution in [0, 0.1) is 5.82 Å². The average molecular weight is 373 g/mol. The van der Waals surface area contributed by atoms with Crippen molar-refractivity contribution in [2.24, 2.45) is 0 Å². The number of ether oxygens (including phenoxy) is 1. The van der Waals surface area contributed by atoms with Gasteiger partial charge in [-0.1, -0.05) is 6.07 Å². The Balaban J connectivity index is 2.11. The fourth-order valence-corrected chi connectivity index (χ4v) is 2.10. The molecule has 2 N–H and O–H groups in total. The quantitative estimate of drug-likeness (QED) is 0.814. The van der Waals surface area contributed by atoms with Crippen LogP contribution in [0.5, 0.6) is 5.75 Å². The van der Waals surface area contributed by atoms with E-state index >= 15 is 0 Å². The Kier molecular flexibility index (Phi) is 6.48. The predicted molar refractivity (Wildman–Crippen MR) is 99.3 cm³/mol. The molecule has 0 fully saturated rings. The SMILES string of the molecule is CC(=O)Nc1ccc(F)c(NC(=O)c2cccc(OCC(=O)N(C)C)c2)c1. The second-order valence-corrected chi connectivity index (χ2v) is 5.93. The zero-order valence-electron chi connectivity index (χ0n) is 15.2. The summed E-state index contributed by atoms with van der Waals surface area (Å²) in [4.78, 5) is 36.5. The molecule has 3 amide bonds. The van der Waals surface area contributed by atoms with Gasteiger partial charge in [0.25, 0.3) is 11.8 Å². The monoisotopic (exact) mass is 373 g/mol. The second-order valence-electron chi connectivity index (χ2n) is 5.93. The van der Waals surface area contributed by atoms with Gasteiger partial charge in [0, 0.05) is 32.3 Å². The first-order chi connectivity index (χ1) is 12.8. The Hall–Kier alpha value is -3.42. The van der Waals surface area contributed by atoms with Crippen LogP contribution in [0.3, 0.4) is 0 Å². The molecule has 8 heteroatoms. The van der Waals surface area contributed by atoms with E-state index in [1.54, 1.807) is 26.2 Å². The normalized spacial score (nSPS) is 10.1. The van der Waals surface area contributed by atoms with E-state index in [1.807, 2.05) is 0 Å². The third-order valence-corrected chi connectivity index (χ3v) is 3.49. The number of hydrogen-bond donors (Lipinski definition) is 2. The van der Waals surface area contributed by atoms with Crippen LogP contribution in [0.2, 0.25) is 0 Å². The van der Waals surface area contributed by atoms with Crippen LogP contribution in [0.4, 0.5) is 15.8 Å². The van der Waals surface area contributed by atoms with Crippen LogP contribution in [0.15, 0.2) is 42.5 Å². The van der Waals surface area contributed by atoms with E-state index in [4.69, 9.17) is 4.74 Å². The number of carbonyl (C=O) groups is 3.